The average molecular weight is 282 g/mol. The maximum absolute atomic E-state index is 12.0. The van der Waals surface area contributed by atoms with Crippen LogP contribution >= 0.6 is 0 Å². The SMILES string of the molecule is O=C(O)[C@H](C(=O)NC12CC3CC(CC(C3)C1)C2)[N+](=O)[O-]. The van der Waals surface area contributed by atoms with Crippen LogP contribution in [-0.2, 0) is 9.59 Å². The zero-order valence-electron chi connectivity index (χ0n) is 11.1. The lowest BCUT2D eigenvalue weighted by molar-refractivity contribution is -0.496. The summed E-state index contributed by atoms with van der Waals surface area (Å²) in [6, 6.07) is -2.19. The molecule has 0 aliphatic heterocycles. The second-order valence-corrected chi connectivity index (χ2v) is 6.71. The second kappa shape index (κ2) is 4.43. The van der Waals surface area contributed by atoms with Gasteiger partial charge in [-0.1, -0.05) is 0 Å². The number of hydrogen-bond donors (Lipinski definition) is 2. The smallest absolute Gasteiger partial charge is 0.389 e. The number of amides is 1. The van der Waals surface area contributed by atoms with E-state index < -0.39 is 28.4 Å². The molecule has 0 aromatic carbocycles. The van der Waals surface area contributed by atoms with Crippen LogP contribution in [0, 0.1) is 27.9 Å². The molecule has 1 amide bonds. The van der Waals surface area contributed by atoms with Crippen molar-refractivity contribution < 1.29 is 19.6 Å². The van der Waals surface area contributed by atoms with E-state index in [0.717, 1.165) is 19.3 Å². The first-order valence-electron chi connectivity index (χ1n) is 7.07. The zero-order valence-corrected chi connectivity index (χ0v) is 11.1. The summed E-state index contributed by atoms with van der Waals surface area (Å²) in [4.78, 5) is 32.5. The van der Waals surface area contributed by atoms with Gasteiger partial charge in [-0.25, -0.2) is 4.79 Å². The van der Waals surface area contributed by atoms with E-state index in [1.807, 2.05) is 0 Å². The van der Waals surface area contributed by atoms with E-state index in [2.05, 4.69) is 5.32 Å². The zero-order chi connectivity index (χ0) is 14.5. The molecule has 2 N–H and O–H groups in total. The molecule has 7 nitrogen and oxygen atoms in total. The summed E-state index contributed by atoms with van der Waals surface area (Å²) in [6.07, 6.45) is 6.09. The summed E-state index contributed by atoms with van der Waals surface area (Å²) >= 11 is 0. The van der Waals surface area contributed by atoms with Crippen LogP contribution in [-0.4, -0.2) is 33.5 Å². The van der Waals surface area contributed by atoms with E-state index in [1.54, 1.807) is 0 Å². The van der Waals surface area contributed by atoms with Gasteiger partial charge in [0.1, 0.15) is 0 Å². The quantitative estimate of drug-likeness (QED) is 0.450. The van der Waals surface area contributed by atoms with E-state index in [0.29, 0.717) is 17.8 Å². The van der Waals surface area contributed by atoms with Crippen LogP contribution in [0.4, 0.5) is 0 Å². The lowest BCUT2D eigenvalue weighted by Gasteiger charge is -2.56. The van der Waals surface area contributed by atoms with E-state index in [4.69, 9.17) is 5.11 Å². The third-order valence-electron chi connectivity index (χ3n) is 5.12. The number of nitrogens with one attached hydrogen (secondary N) is 1. The van der Waals surface area contributed by atoms with Gasteiger partial charge in [0.2, 0.25) is 0 Å². The number of rotatable bonds is 4. The highest BCUT2D eigenvalue weighted by molar-refractivity contribution is 5.99. The number of aliphatic carboxylic acids is 1. The Bertz CT molecular complexity index is 426. The molecule has 4 rings (SSSR count). The molecular formula is C13H18N2O5. The Kier molecular flexibility index (Phi) is 2.95. The minimum Gasteiger partial charge on any atom is -0.476 e. The van der Waals surface area contributed by atoms with Gasteiger partial charge >= 0.3 is 17.9 Å². The highest BCUT2D eigenvalue weighted by Crippen LogP contribution is 2.55. The van der Waals surface area contributed by atoms with Gasteiger partial charge in [-0.3, -0.25) is 14.9 Å². The Morgan fingerprint density at radius 1 is 1.15 bits per heavy atom. The number of carboxylic acids is 1. The second-order valence-electron chi connectivity index (χ2n) is 6.71. The van der Waals surface area contributed by atoms with Gasteiger partial charge in [0, 0.05) is 10.5 Å². The molecule has 4 aliphatic rings. The summed E-state index contributed by atoms with van der Waals surface area (Å²) in [6.45, 7) is 0. The molecule has 0 aromatic rings. The van der Waals surface area contributed by atoms with Gasteiger partial charge in [-0.05, 0) is 56.3 Å². The predicted octanol–water partition coefficient (Wildman–Crippen LogP) is 0.801. The van der Waals surface area contributed by atoms with Crippen molar-refractivity contribution in [2.24, 2.45) is 17.8 Å². The molecule has 4 fully saturated rings. The first-order chi connectivity index (χ1) is 9.38. The molecule has 4 bridgehead atoms. The van der Waals surface area contributed by atoms with Gasteiger partial charge in [0.25, 0.3) is 0 Å². The number of carboxylic acid groups (broad SMARTS) is 1. The third-order valence-corrected chi connectivity index (χ3v) is 5.12. The lowest BCUT2D eigenvalue weighted by atomic mass is 9.53. The average Bonchev–Trinajstić information content (AvgIpc) is 2.23. The Morgan fingerprint density at radius 3 is 1.95 bits per heavy atom. The molecule has 110 valence electrons. The third kappa shape index (κ3) is 2.14. The molecule has 0 aromatic heterocycles. The lowest BCUT2D eigenvalue weighted by Crippen LogP contribution is -2.62. The van der Waals surface area contributed by atoms with Crippen molar-refractivity contribution in [1.29, 1.82) is 0 Å². The minimum absolute atomic E-state index is 0.393. The molecule has 20 heavy (non-hydrogen) atoms. The molecule has 7 heteroatoms. The van der Waals surface area contributed by atoms with E-state index in [9.17, 15) is 19.7 Å². The maximum Gasteiger partial charge on any atom is 0.389 e. The number of carbonyl (C=O) groups excluding carboxylic acids is 1. The summed E-state index contributed by atoms with van der Waals surface area (Å²) in [5.74, 6) is -0.914. The van der Waals surface area contributed by atoms with Crippen LogP contribution in [0.1, 0.15) is 38.5 Å². The first-order valence-corrected chi connectivity index (χ1v) is 7.07. The fourth-order valence-electron chi connectivity index (χ4n) is 4.89. The molecule has 4 saturated carbocycles. The van der Waals surface area contributed by atoms with Crippen molar-refractivity contribution in [2.75, 3.05) is 0 Å². The standard InChI is InChI=1S/C13H18N2O5/c16-11(10(12(17)18)15(19)20)14-13-4-7-1-8(5-13)3-9(2-7)6-13/h7-10H,1-6H2,(H,14,16)(H,17,18)/t7?,8?,9?,10-,13?/m0/s1. The van der Waals surface area contributed by atoms with Crippen molar-refractivity contribution in [2.45, 2.75) is 50.1 Å². The van der Waals surface area contributed by atoms with Gasteiger partial charge in [-0.2, -0.15) is 0 Å². The topological polar surface area (TPSA) is 110 Å². The molecule has 0 unspecified atom stereocenters. The highest BCUT2D eigenvalue weighted by Gasteiger charge is 2.53. The Hall–Kier alpha value is -1.66. The van der Waals surface area contributed by atoms with Crippen molar-refractivity contribution >= 4 is 11.9 Å². The Balaban J connectivity index is 1.75. The normalized spacial score (nSPS) is 39.3. The van der Waals surface area contributed by atoms with Crippen LogP contribution < -0.4 is 5.32 Å². The van der Waals surface area contributed by atoms with Crippen LogP contribution in [0.5, 0.6) is 0 Å². The fourth-order valence-corrected chi connectivity index (χ4v) is 4.89. The van der Waals surface area contributed by atoms with Gasteiger partial charge in [-0.15, -0.1) is 0 Å². The van der Waals surface area contributed by atoms with Crippen molar-refractivity contribution in [1.82, 2.24) is 5.32 Å². The molecular weight excluding hydrogens is 264 g/mol. The number of nitro groups is 1. The Morgan fingerprint density at radius 2 is 1.60 bits per heavy atom. The summed E-state index contributed by atoms with van der Waals surface area (Å²) in [5, 5.41) is 22.3. The summed E-state index contributed by atoms with van der Waals surface area (Å²) in [7, 11) is 0. The Labute approximate surface area is 115 Å². The number of carbonyl (C=O) groups is 2. The predicted molar refractivity (Wildman–Crippen MR) is 67.5 cm³/mol. The van der Waals surface area contributed by atoms with Gasteiger partial charge in [0.05, 0.1) is 0 Å². The van der Waals surface area contributed by atoms with E-state index in [1.165, 1.54) is 19.3 Å². The monoisotopic (exact) mass is 282 g/mol. The largest absolute Gasteiger partial charge is 0.476 e. The molecule has 0 saturated heterocycles. The molecule has 0 heterocycles. The van der Waals surface area contributed by atoms with Crippen molar-refractivity contribution in [3.05, 3.63) is 10.1 Å². The van der Waals surface area contributed by atoms with Crippen LogP contribution in [0.3, 0.4) is 0 Å². The van der Waals surface area contributed by atoms with Crippen LogP contribution in [0.25, 0.3) is 0 Å². The number of hydrogen-bond acceptors (Lipinski definition) is 4. The summed E-state index contributed by atoms with van der Waals surface area (Å²) < 4.78 is 0. The van der Waals surface area contributed by atoms with Crippen molar-refractivity contribution in [3.63, 3.8) is 0 Å². The van der Waals surface area contributed by atoms with Gasteiger partial charge < -0.3 is 10.4 Å². The molecule has 4 aliphatic carbocycles. The van der Waals surface area contributed by atoms with Crippen molar-refractivity contribution in [3.8, 4) is 0 Å². The summed E-state index contributed by atoms with van der Waals surface area (Å²) in [5.41, 5.74) is -0.393. The first kappa shape index (κ1) is 13.3. The molecule has 1 atom stereocenters. The van der Waals surface area contributed by atoms with E-state index >= 15 is 0 Å². The fraction of sp³-hybridized carbons (Fsp3) is 0.846. The van der Waals surface area contributed by atoms with Gasteiger partial charge in [0.15, 0.2) is 0 Å². The van der Waals surface area contributed by atoms with Crippen LogP contribution in [0.2, 0.25) is 0 Å². The molecule has 0 spiro atoms. The van der Waals surface area contributed by atoms with E-state index in [-0.39, 0.29) is 0 Å². The number of nitrogens with zero attached hydrogens (tertiary/aromatic N) is 1. The minimum atomic E-state index is -2.19. The highest BCUT2D eigenvalue weighted by atomic mass is 16.6. The van der Waals surface area contributed by atoms with Crippen LogP contribution in [0.15, 0.2) is 0 Å². The maximum atomic E-state index is 12.0. The molecule has 0 radical (unpaired) electrons.